The third-order valence-corrected chi connectivity index (χ3v) is 4.49. The number of ether oxygens (including phenoxy) is 1. The summed E-state index contributed by atoms with van der Waals surface area (Å²) in [6.07, 6.45) is 2.96. The molecule has 0 radical (unpaired) electrons. The molecule has 0 amide bonds. The topological polar surface area (TPSA) is 64.6 Å². The first-order valence-electron chi connectivity index (χ1n) is 6.42. The van der Waals surface area contributed by atoms with Crippen LogP contribution in [-0.4, -0.2) is 18.1 Å². The molecule has 1 aromatic rings. The maximum absolute atomic E-state index is 11.8. The fraction of sp³-hybridized carbons (Fsp3) is 0.462. The van der Waals surface area contributed by atoms with E-state index in [4.69, 9.17) is 9.26 Å². The highest BCUT2D eigenvalue weighted by Crippen LogP contribution is 2.26. The molecule has 0 heterocycles. The number of esters is 1. The third-order valence-electron chi connectivity index (χ3n) is 2.99. The van der Waals surface area contributed by atoms with Gasteiger partial charge in [0.05, 0.1) is 0 Å². The molecular weight excluding hydrogens is 345 g/mol. The lowest BCUT2D eigenvalue weighted by Gasteiger charge is -2.25. The van der Waals surface area contributed by atoms with Crippen LogP contribution in [0.2, 0.25) is 0 Å². The second-order valence-corrected chi connectivity index (χ2v) is 6.51. The summed E-state index contributed by atoms with van der Waals surface area (Å²) in [7, 11) is -2.17. The molecule has 0 aliphatic heterocycles. The molecule has 0 saturated heterocycles. The number of rotatable bonds is 6. The van der Waals surface area contributed by atoms with Crippen molar-refractivity contribution in [2.45, 2.75) is 38.3 Å². The lowest BCUT2D eigenvalue weighted by atomic mass is 9.96. The molecule has 1 N–H and O–H groups in total. The molecule has 5 nitrogen and oxygen atoms in total. The first-order valence-corrected chi connectivity index (χ1v) is 8.39. The quantitative estimate of drug-likeness (QED) is 0.620. The largest absolute Gasteiger partial charge is 0.664 e. The minimum absolute atomic E-state index is 0.0250. The van der Waals surface area contributed by atoms with Crippen molar-refractivity contribution in [1.82, 2.24) is 5.09 Å². The van der Waals surface area contributed by atoms with Crippen molar-refractivity contribution in [1.29, 1.82) is 0 Å². The van der Waals surface area contributed by atoms with Crippen LogP contribution in [0.15, 0.2) is 28.7 Å². The van der Waals surface area contributed by atoms with Gasteiger partial charge in [-0.25, -0.2) is 4.52 Å². The Bertz CT molecular complexity index is 490. The third kappa shape index (κ3) is 4.54. The van der Waals surface area contributed by atoms with Crippen molar-refractivity contribution in [3.63, 3.8) is 0 Å². The number of nitrogens with one attached hydrogen (secondary N) is 1. The Hall–Kier alpha value is -0.970. The molecule has 7 heteroatoms. The monoisotopic (exact) mass is 360 g/mol. The van der Waals surface area contributed by atoms with Crippen LogP contribution in [0.25, 0.3) is 0 Å². The SMILES string of the molecule is C[C@H](N[P+](=O)Oc1ccc(Br)cc1)C(=O)OC1CCC1. The van der Waals surface area contributed by atoms with Crippen molar-refractivity contribution in [3.05, 3.63) is 28.7 Å². The van der Waals surface area contributed by atoms with Crippen LogP contribution in [-0.2, 0) is 14.1 Å². The van der Waals surface area contributed by atoms with Gasteiger partial charge >= 0.3 is 14.1 Å². The van der Waals surface area contributed by atoms with Gasteiger partial charge in [0.15, 0.2) is 5.75 Å². The number of benzene rings is 1. The normalized spacial score (nSPS) is 17.0. The fourth-order valence-corrected chi connectivity index (χ4v) is 2.64. The van der Waals surface area contributed by atoms with E-state index in [0.29, 0.717) is 5.75 Å². The van der Waals surface area contributed by atoms with E-state index in [1.807, 2.05) is 0 Å². The molecule has 0 spiro atoms. The molecule has 1 aliphatic rings. The van der Waals surface area contributed by atoms with Crippen LogP contribution in [0.4, 0.5) is 0 Å². The van der Waals surface area contributed by atoms with Crippen LogP contribution in [0.1, 0.15) is 26.2 Å². The minimum atomic E-state index is -2.17. The summed E-state index contributed by atoms with van der Waals surface area (Å²) in [6, 6.07) is 6.29. The molecule has 2 rings (SSSR count). The van der Waals surface area contributed by atoms with Crippen molar-refractivity contribution in [2.24, 2.45) is 0 Å². The average Bonchev–Trinajstić information content (AvgIpc) is 2.36. The fourth-order valence-electron chi connectivity index (χ4n) is 1.58. The van der Waals surface area contributed by atoms with Gasteiger partial charge in [-0.05, 0) is 50.5 Å². The van der Waals surface area contributed by atoms with Gasteiger partial charge in [0.2, 0.25) is 0 Å². The highest BCUT2D eigenvalue weighted by molar-refractivity contribution is 9.10. The standard InChI is InChI=1S/C13H16BrNO4P/c1-9(13(16)18-11-3-2-4-11)15-20(17)19-12-7-5-10(14)6-8-12/h5-9,11H,2-4H2,1H3,(H,15,17)/q+1/t9-/m0/s1. The summed E-state index contributed by atoms with van der Waals surface area (Å²) >= 11 is 3.30. The number of carbonyl (C=O) groups excluding carboxylic acids is 1. The summed E-state index contributed by atoms with van der Waals surface area (Å²) in [5, 5.41) is 2.60. The number of hydrogen-bond acceptors (Lipinski definition) is 4. The lowest BCUT2D eigenvalue weighted by molar-refractivity contribution is -0.154. The summed E-state index contributed by atoms with van der Waals surface area (Å²) in [4.78, 5) is 11.7. The maximum atomic E-state index is 11.8. The Morgan fingerprint density at radius 2 is 2.05 bits per heavy atom. The van der Waals surface area contributed by atoms with E-state index in [2.05, 4.69) is 21.0 Å². The molecule has 1 saturated carbocycles. The molecule has 1 aliphatic carbocycles. The minimum Gasteiger partial charge on any atom is -0.461 e. The van der Waals surface area contributed by atoms with E-state index in [1.54, 1.807) is 31.2 Å². The predicted octanol–water partition coefficient (Wildman–Crippen LogP) is 3.56. The van der Waals surface area contributed by atoms with Gasteiger partial charge in [-0.1, -0.05) is 21.0 Å². The van der Waals surface area contributed by atoms with Crippen molar-refractivity contribution < 1.29 is 18.6 Å². The maximum Gasteiger partial charge on any atom is 0.664 e. The Balaban J connectivity index is 1.77. The van der Waals surface area contributed by atoms with Gasteiger partial charge < -0.3 is 4.74 Å². The van der Waals surface area contributed by atoms with E-state index in [0.717, 1.165) is 23.7 Å². The summed E-state index contributed by atoms with van der Waals surface area (Å²) in [5.41, 5.74) is 0. The summed E-state index contributed by atoms with van der Waals surface area (Å²) in [6.45, 7) is 1.61. The zero-order chi connectivity index (χ0) is 14.5. The molecule has 1 unspecified atom stereocenters. The lowest BCUT2D eigenvalue weighted by Crippen LogP contribution is -2.36. The van der Waals surface area contributed by atoms with Crippen LogP contribution in [0, 0.1) is 0 Å². The van der Waals surface area contributed by atoms with Crippen LogP contribution < -0.4 is 9.61 Å². The first kappa shape index (κ1) is 15.4. The van der Waals surface area contributed by atoms with Crippen LogP contribution in [0.3, 0.4) is 0 Å². The van der Waals surface area contributed by atoms with Gasteiger partial charge in [-0.3, -0.25) is 4.79 Å². The van der Waals surface area contributed by atoms with Gasteiger partial charge in [0.25, 0.3) is 0 Å². The molecule has 0 bridgehead atoms. The molecule has 1 fully saturated rings. The van der Waals surface area contributed by atoms with Gasteiger partial charge in [0.1, 0.15) is 12.1 Å². The van der Waals surface area contributed by atoms with E-state index in [9.17, 15) is 9.36 Å². The second-order valence-electron chi connectivity index (χ2n) is 4.64. The number of hydrogen-bond donors (Lipinski definition) is 1. The Labute approximate surface area is 127 Å². The summed E-state index contributed by atoms with van der Waals surface area (Å²) in [5.74, 6) is 0.0822. The Morgan fingerprint density at radius 3 is 2.60 bits per heavy atom. The zero-order valence-electron chi connectivity index (χ0n) is 11.0. The smallest absolute Gasteiger partial charge is 0.461 e. The van der Waals surface area contributed by atoms with E-state index in [-0.39, 0.29) is 6.10 Å². The predicted molar refractivity (Wildman–Crippen MR) is 78.7 cm³/mol. The van der Waals surface area contributed by atoms with E-state index < -0.39 is 20.2 Å². The van der Waals surface area contributed by atoms with Gasteiger partial charge in [-0.15, -0.1) is 0 Å². The van der Waals surface area contributed by atoms with E-state index in [1.165, 1.54) is 0 Å². The molecule has 108 valence electrons. The second kappa shape index (κ2) is 7.16. The Kier molecular flexibility index (Phi) is 5.52. The van der Waals surface area contributed by atoms with Crippen molar-refractivity contribution in [3.8, 4) is 5.75 Å². The zero-order valence-corrected chi connectivity index (χ0v) is 13.5. The molecule has 1 aromatic carbocycles. The van der Waals surface area contributed by atoms with Crippen molar-refractivity contribution in [2.75, 3.05) is 0 Å². The van der Waals surface area contributed by atoms with Crippen LogP contribution in [0.5, 0.6) is 5.75 Å². The Morgan fingerprint density at radius 1 is 1.40 bits per heavy atom. The van der Waals surface area contributed by atoms with Gasteiger partial charge in [0, 0.05) is 9.04 Å². The highest BCUT2D eigenvalue weighted by atomic mass is 79.9. The number of halogens is 1. The van der Waals surface area contributed by atoms with E-state index >= 15 is 0 Å². The summed E-state index contributed by atoms with van der Waals surface area (Å²) < 4.78 is 23.1. The molecular formula is C13H16BrNO4P+. The molecule has 2 atom stereocenters. The van der Waals surface area contributed by atoms with Gasteiger partial charge in [-0.2, -0.15) is 0 Å². The number of carbonyl (C=O) groups is 1. The average molecular weight is 361 g/mol. The molecule has 0 aromatic heterocycles. The van der Waals surface area contributed by atoms with Crippen molar-refractivity contribution >= 4 is 30.1 Å². The first-order chi connectivity index (χ1) is 9.54. The molecule has 20 heavy (non-hydrogen) atoms. The van der Waals surface area contributed by atoms with Crippen LogP contribution >= 0.6 is 24.1 Å². The highest BCUT2D eigenvalue weighted by Gasteiger charge is 2.31.